The summed E-state index contributed by atoms with van der Waals surface area (Å²) in [6.45, 7) is 5.67. The maximum atomic E-state index is 11.7. The summed E-state index contributed by atoms with van der Waals surface area (Å²) in [5, 5.41) is 14.6. The molecule has 2 rings (SSSR count). The predicted octanol–water partition coefficient (Wildman–Crippen LogP) is -0.190. The predicted molar refractivity (Wildman–Crippen MR) is 74.7 cm³/mol. The summed E-state index contributed by atoms with van der Waals surface area (Å²) < 4.78 is 9.81. The van der Waals surface area contributed by atoms with E-state index >= 15 is 0 Å². The summed E-state index contributed by atoms with van der Waals surface area (Å²) in [5.74, 6) is 0.153. The van der Waals surface area contributed by atoms with Crippen LogP contribution in [0.1, 0.15) is 20.8 Å². The second kappa shape index (κ2) is 5.63. The Morgan fingerprint density at radius 1 is 1.57 bits per heavy atom. The van der Waals surface area contributed by atoms with E-state index in [0.717, 1.165) is 0 Å². The number of hydrogen-bond donors (Lipinski definition) is 1. The van der Waals surface area contributed by atoms with Gasteiger partial charge in [-0.3, -0.25) is 4.90 Å². The molecule has 0 saturated carbocycles. The largest absolute Gasteiger partial charge is 0.594 e. The minimum Gasteiger partial charge on any atom is -0.594 e. The zero-order valence-corrected chi connectivity index (χ0v) is 12.5. The van der Waals surface area contributed by atoms with Gasteiger partial charge in [0.15, 0.2) is 12.2 Å². The molecule has 0 fully saturated rings. The Labute approximate surface area is 123 Å². The van der Waals surface area contributed by atoms with Crippen molar-refractivity contribution in [1.29, 1.82) is 0 Å². The molecule has 2 aliphatic heterocycles. The van der Waals surface area contributed by atoms with E-state index in [9.17, 15) is 9.90 Å². The van der Waals surface area contributed by atoms with Crippen LogP contribution < -0.4 is 10.4 Å². The average Bonchev–Trinajstić information content (AvgIpc) is 2.77. The molecule has 8 heteroatoms. The highest BCUT2D eigenvalue weighted by molar-refractivity contribution is 5.91. The first-order chi connectivity index (χ1) is 9.80. The van der Waals surface area contributed by atoms with Gasteiger partial charge in [-0.2, -0.15) is 4.99 Å². The summed E-state index contributed by atoms with van der Waals surface area (Å²) in [6, 6.07) is -0.223. The Kier molecular flexibility index (Phi) is 4.06. The minimum atomic E-state index is -0.721. The number of carbonyl (C=O) groups excluding carboxylic acids is 1. The van der Waals surface area contributed by atoms with E-state index in [0.29, 0.717) is 6.54 Å². The fourth-order valence-electron chi connectivity index (χ4n) is 2.04. The molecule has 21 heavy (non-hydrogen) atoms. The van der Waals surface area contributed by atoms with Crippen molar-refractivity contribution >= 4 is 18.1 Å². The third kappa shape index (κ3) is 3.65. The number of fused-ring (bicyclic) bond motifs is 1. The van der Waals surface area contributed by atoms with Crippen LogP contribution >= 0.6 is 0 Å². The van der Waals surface area contributed by atoms with Crippen LogP contribution in [-0.4, -0.2) is 54.5 Å². The second-order valence-corrected chi connectivity index (χ2v) is 5.68. The van der Waals surface area contributed by atoms with Gasteiger partial charge in [0.2, 0.25) is 5.96 Å². The Hall–Kier alpha value is -2.25. The lowest BCUT2D eigenvalue weighted by atomic mass is 10.1. The molecule has 0 aromatic carbocycles. The first kappa shape index (κ1) is 15.1. The Balaban J connectivity index is 2.13. The minimum absolute atomic E-state index is 0.153. The van der Waals surface area contributed by atoms with Gasteiger partial charge in [-0.05, 0) is 0 Å². The third-order valence-electron chi connectivity index (χ3n) is 2.84. The van der Waals surface area contributed by atoms with Crippen molar-refractivity contribution in [2.45, 2.75) is 38.6 Å². The summed E-state index contributed by atoms with van der Waals surface area (Å²) in [4.78, 5) is 21.1. The number of ether oxygens (including phenoxy) is 2. The van der Waals surface area contributed by atoms with Gasteiger partial charge in [0.25, 0.3) is 0 Å². The monoisotopic (exact) mass is 295 g/mol. The summed E-state index contributed by atoms with van der Waals surface area (Å²) in [5.41, 5.74) is -0.621. The number of methoxy groups -OCH3 is 1. The van der Waals surface area contributed by atoms with Crippen molar-refractivity contribution < 1.29 is 19.4 Å². The third-order valence-corrected chi connectivity index (χ3v) is 2.84. The number of aliphatic imine (C=N–C) groups is 2. The number of nitrogens with one attached hydrogen (secondary N) is 1. The smallest absolute Gasteiger partial charge is 0.411 e. The molecular formula is C13H19N4O4-. The van der Waals surface area contributed by atoms with E-state index in [-0.39, 0.29) is 12.0 Å². The zero-order chi connectivity index (χ0) is 15.6. The highest BCUT2D eigenvalue weighted by Crippen LogP contribution is 2.19. The fraction of sp³-hybridized carbons (Fsp3) is 0.615. The van der Waals surface area contributed by atoms with E-state index in [1.807, 2.05) is 12.2 Å². The molecule has 0 spiro atoms. The van der Waals surface area contributed by atoms with Crippen molar-refractivity contribution in [3.8, 4) is 0 Å². The number of carbonyl (C=O) groups is 1. The Morgan fingerprint density at radius 2 is 2.29 bits per heavy atom. The van der Waals surface area contributed by atoms with Crippen molar-refractivity contribution in [2.75, 3.05) is 13.7 Å². The van der Waals surface area contributed by atoms with Crippen LogP contribution in [0.3, 0.4) is 0 Å². The van der Waals surface area contributed by atoms with Crippen molar-refractivity contribution in [3.63, 3.8) is 0 Å². The normalized spacial score (nSPS) is 25.0. The van der Waals surface area contributed by atoms with Gasteiger partial charge >= 0.3 is 6.09 Å². The maximum Gasteiger partial charge on any atom is 0.411 e. The highest BCUT2D eigenvalue weighted by atomic mass is 16.6. The number of amides is 1. The number of nitrogens with zero attached hydrogens (tertiary/aromatic N) is 3. The topological polar surface area (TPSA) is 98.6 Å². The average molecular weight is 295 g/mol. The van der Waals surface area contributed by atoms with Gasteiger partial charge in [0, 0.05) is 12.1 Å². The standard InChI is InChI=1S/C13H20N4O4/c1-13(2,3)21-11(18)16-10-14-8-6-5-7-17(9(8)15-10)12(19)20-4/h5-6,8-9H,7H2,1-4H3,(H2,14,15,16,18)/p-1/t8-,9+/m1/s1. The SMILES string of the molecule is COC(=O)N1CC=C[C@H]2NC(/N=C(\[O-])OC(C)(C)C)=N[C@H]21. The van der Waals surface area contributed by atoms with Gasteiger partial charge in [-0.1, -0.05) is 32.9 Å². The van der Waals surface area contributed by atoms with Crippen LogP contribution in [0.15, 0.2) is 22.1 Å². The molecule has 0 saturated heterocycles. The van der Waals surface area contributed by atoms with Gasteiger partial charge in [-0.25, -0.2) is 9.79 Å². The summed E-state index contributed by atoms with van der Waals surface area (Å²) in [6.07, 6.45) is 2.05. The van der Waals surface area contributed by atoms with Crippen LogP contribution in [0.25, 0.3) is 0 Å². The van der Waals surface area contributed by atoms with E-state index < -0.39 is 23.9 Å². The van der Waals surface area contributed by atoms with E-state index in [1.54, 1.807) is 20.8 Å². The maximum absolute atomic E-state index is 11.7. The highest BCUT2D eigenvalue weighted by Gasteiger charge is 2.36. The number of hydrogen-bond acceptors (Lipinski definition) is 7. The number of guanidine groups is 1. The van der Waals surface area contributed by atoms with Gasteiger partial charge in [0.1, 0.15) is 0 Å². The molecule has 1 N–H and O–H groups in total. The zero-order valence-electron chi connectivity index (χ0n) is 12.5. The molecule has 2 heterocycles. The summed E-state index contributed by atoms with van der Waals surface area (Å²) in [7, 11) is 1.31. The first-order valence-electron chi connectivity index (χ1n) is 6.60. The van der Waals surface area contributed by atoms with E-state index in [4.69, 9.17) is 9.47 Å². The lowest BCUT2D eigenvalue weighted by Gasteiger charge is -2.30. The van der Waals surface area contributed by atoms with E-state index in [1.165, 1.54) is 12.0 Å². The Bertz CT molecular complexity index is 507. The molecule has 0 bridgehead atoms. The van der Waals surface area contributed by atoms with Crippen LogP contribution in [-0.2, 0) is 9.47 Å². The van der Waals surface area contributed by atoms with Crippen molar-refractivity contribution in [1.82, 2.24) is 10.2 Å². The quantitative estimate of drug-likeness (QED) is 0.379. The molecule has 0 aliphatic carbocycles. The van der Waals surface area contributed by atoms with Crippen LogP contribution in [0.4, 0.5) is 4.79 Å². The molecule has 0 aromatic heterocycles. The van der Waals surface area contributed by atoms with Gasteiger partial charge in [-0.15, -0.1) is 0 Å². The molecule has 0 aromatic rings. The lowest BCUT2D eigenvalue weighted by molar-refractivity contribution is -0.259. The molecule has 0 unspecified atom stereocenters. The molecule has 8 nitrogen and oxygen atoms in total. The molecular weight excluding hydrogens is 276 g/mol. The van der Waals surface area contributed by atoms with Crippen LogP contribution in [0, 0.1) is 0 Å². The molecule has 0 radical (unpaired) electrons. The number of rotatable bonds is 0. The summed E-state index contributed by atoms with van der Waals surface area (Å²) >= 11 is 0. The molecule has 2 aliphatic rings. The van der Waals surface area contributed by atoms with Gasteiger partial charge < -0.3 is 19.9 Å². The fourth-order valence-corrected chi connectivity index (χ4v) is 2.04. The molecule has 1 amide bonds. The molecule has 116 valence electrons. The molecule has 2 atom stereocenters. The van der Waals surface area contributed by atoms with Crippen molar-refractivity contribution in [3.05, 3.63) is 12.2 Å². The van der Waals surface area contributed by atoms with Crippen molar-refractivity contribution in [2.24, 2.45) is 9.98 Å². The van der Waals surface area contributed by atoms with Crippen LogP contribution in [0.2, 0.25) is 0 Å². The van der Waals surface area contributed by atoms with E-state index in [2.05, 4.69) is 15.3 Å². The second-order valence-electron chi connectivity index (χ2n) is 5.68. The van der Waals surface area contributed by atoms with Crippen LogP contribution in [0.5, 0.6) is 0 Å². The van der Waals surface area contributed by atoms with Gasteiger partial charge in [0.05, 0.1) is 13.2 Å². The Morgan fingerprint density at radius 3 is 2.90 bits per heavy atom. The lowest BCUT2D eigenvalue weighted by Crippen LogP contribution is -2.49. The first-order valence-corrected chi connectivity index (χ1v) is 6.60.